The number of rotatable bonds is 9. The van der Waals surface area contributed by atoms with Crippen molar-refractivity contribution < 1.29 is 28.1 Å². The Balaban J connectivity index is 1.47. The van der Waals surface area contributed by atoms with Crippen molar-refractivity contribution in [3.05, 3.63) is 65.7 Å². The molecule has 2 heterocycles. The van der Waals surface area contributed by atoms with Crippen LogP contribution in [-0.2, 0) is 16.3 Å². The molecule has 11 heteroatoms. The average Bonchev–Trinajstić information content (AvgIpc) is 3.56. The summed E-state index contributed by atoms with van der Waals surface area (Å²) in [5, 5.41) is 23.1. The molecule has 2 aromatic heterocycles. The highest BCUT2D eigenvalue weighted by molar-refractivity contribution is 5.83. The van der Waals surface area contributed by atoms with E-state index in [9.17, 15) is 19.1 Å². The second-order valence-electron chi connectivity index (χ2n) is 7.50. The van der Waals surface area contributed by atoms with E-state index >= 15 is 0 Å². The normalized spacial score (nSPS) is 11.7. The van der Waals surface area contributed by atoms with Crippen LogP contribution in [0.25, 0.3) is 34.3 Å². The second-order valence-corrected chi connectivity index (χ2v) is 7.50. The van der Waals surface area contributed by atoms with Gasteiger partial charge in [0, 0.05) is 31.1 Å². The largest absolute Gasteiger partial charge is 0.378 e. The van der Waals surface area contributed by atoms with Crippen LogP contribution in [-0.4, -0.2) is 45.8 Å². The molecule has 0 spiro atoms. The highest BCUT2D eigenvalue weighted by atomic mass is 19.1. The molecule has 0 saturated carbocycles. The fraction of sp³-hybridized carbons (Fsp3) is 0.208. The second kappa shape index (κ2) is 10.7. The number of alkyl halides is 1. The first-order chi connectivity index (χ1) is 17.0. The Labute approximate surface area is 199 Å². The van der Waals surface area contributed by atoms with Gasteiger partial charge >= 0.3 is 0 Å². The summed E-state index contributed by atoms with van der Waals surface area (Å²) in [5.74, 6) is -0.614. The van der Waals surface area contributed by atoms with Gasteiger partial charge in [0.2, 0.25) is 17.5 Å². The maximum absolute atomic E-state index is 13.8. The van der Waals surface area contributed by atoms with E-state index in [4.69, 9.17) is 9.05 Å². The Morgan fingerprint density at radius 1 is 1.03 bits per heavy atom. The fourth-order valence-electron chi connectivity index (χ4n) is 3.34. The molecule has 0 fully saturated rings. The third kappa shape index (κ3) is 5.25. The molecule has 4 aromatic rings. The molecule has 0 saturated heterocycles. The zero-order valence-electron chi connectivity index (χ0n) is 18.7. The molecule has 10 nitrogen and oxygen atoms in total. The highest BCUT2D eigenvalue weighted by Crippen LogP contribution is 2.33. The molecule has 180 valence electrons. The zero-order valence-corrected chi connectivity index (χ0v) is 18.7. The van der Waals surface area contributed by atoms with Crippen molar-refractivity contribution in [1.29, 1.82) is 0 Å². The summed E-state index contributed by atoms with van der Waals surface area (Å²) in [4.78, 5) is 27.6. The summed E-state index contributed by atoms with van der Waals surface area (Å²) in [6.45, 7) is -0.730. The van der Waals surface area contributed by atoms with Crippen LogP contribution < -0.4 is 10.6 Å². The van der Waals surface area contributed by atoms with Gasteiger partial charge in [0.15, 0.2) is 6.10 Å². The quantitative estimate of drug-likeness (QED) is 0.333. The third-order valence-corrected chi connectivity index (χ3v) is 5.25. The number of halogens is 1. The summed E-state index contributed by atoms with van der Waals surface area (Å²) in [7, 11) is 1.50. The Morgan fingerprint density at radius 2 is 1.77 bits per heavy atom. The molecule has 4 rings (SSSR count). The Kier molecular flexibility index (Phi) is 7.27. The molecule has 0 aliphatic heterocycles. The van der Waals surface area contributed by atoms with Gasteiger partial charge in [-0.15, -0.1) is 0 Å². The number of aromatic nitrogens is 3. The highest BCUT2D eigenvalue weighted by Gasteiger charge is 2.24. The number of aliphatic hydroxyl groups excluding tert-OH is 1. The van der Waals surface area contributed by atoms with E-state index in [-0.39, 0.29) is 41.9 Å². The SMILES string of the molecule is CNC(=O)CCNC(=O)C(O)c1ccc(-c2noc(-c3onc(-c4ccccc4)c3CF)n2)cc1. The molecule has 35 heavy (non-hydrogen) atoms. The molecule has 0 bridgehead atoms. The lowest BCUT2D eigenvalue weighted by Crippen LogP contribution is -2.32. The van der Waals surface area contributed by atoms with Gasteiger partial charge in [-0.3, -0.25) is 9.59 Å². The van der Waals surface area contributed by atoms with Crippen LogP contribution in [0.2, 0.25) is 0 Å². The number of hydrogen-bond donors (Lipinski definition) is 3. The fourth-order valence-corrected chi connectivity index (χ4v) is 3.34. The molecule has 2 aromatic carbocycles. The first-order valence-corrected chi connectivity index (χ1v) is 10.7. The minimum absolute atomic E-state index is 0.0260. The molecule has 3 N–H and O–H groups in total. The Bertz CT molecular complexity index is 1300. The van der Waals surface area contributed by atoms with Gasteiger partial charge in [-0.2, -0.15) is 4.98 Å². The number of carbonyl (C=O) groups is 2. The van der Waals surface area contributed by atoms with Crippen molar-refractivity contribution in [2.75, 3.05) is 13.6 Å². The minimum atomic E-state index is -1.41. The average molecular weight is 479 g/mol. The number of amides is 2. The van der Waals surface area contributed by atoms with Crippen LogP contribution in [0.3, 0.4) is 0 Å². The number of benzene rings is 2. The van der Waals surface area contributed by atoms with E-state index in [1.54, 1.807) is 36.4 Å². The van der Waals surface area contributed by atoms with Gasteiger partial charge in [0.05, 0.1) is 5.56 Å². The van der Waals surface area contributed by atoms with E-state index in [1.807, 2.05) is 18.2 Å². The molecule has 2 amide bonds. The summed E-state index contributed by atoms with van der Waals surface area (Å²) in [6, 6.07) is 15.3. The third-order valence-electron chi connectivity index (χ3n) is 5.25. The summed E-state index contributed by atoms with van der Waals surface area (Å²) < 4.78 is 24.4. The van der Waals surface area contributed by atoms with Crippen LogP contribution in [0.15, 0.2) is 63.6 Å². The molecule has 1 atom stereocenters. The first kappa shape index (κ1) is 23.8. The van der Waals surface area contributed by atoms with Gasteiger partial charge in [-0.1, -0.05) is 64.9 Å². The van der Waals surface area contributed by atoms with E-state index in [1.165, 1.54) is 7.05 Å². The van der Waals surface area contributed by atoms with Crippen LogP contribution in [0.5, 0.6) is 0 Å². The number of nitrogens with one attached hydrogen (secondary N) is 2. The molecule has 1 unspecified atom stereocenters. The maximum Gasteiger partial charge on any atom is 0.297 e. The molecule has 0 radical (unpaired) electrons. The first-order valence-electron chi connectivity index (χ1n) is 10.7. The van der Waals surface area contributed by atoms with Gasteiger partial charge in [0.1, 0.15) is 12.4 Å². The van der Waals surface area contributed by atoms with Crippen LogP contribution in [0, 0.1) is 0 Å². The predicted octanol–water partition coefficient (Wildman–Crippen LogP) is 2.81. The van der Waals surface area contributed by atoms with Gasteiger partial charge < -0.3 is 24.8 Å². The number of nitrogens with zero attached hydrogens (tertiary/aromatic N) is 3. The van der Waals surface area contributed by atoms with E-state index in [0.29, 0.717) is 22.4 Å². The lowest BCUT2D eigenvalue weighted by atomic mass is 10.1. The summed E-state index contributed by atoms with van der Waals surface area (Å²) in [6.07, 6.45) is -1.30. The molecular formula is C24H22FN5O5. The molecule has 0 aliphatic rings. The van der Waals surface area contributed by atoms with E-state index in [2.05, 4.69) is 25.9 Å². The number of carbonyl (C=O) groups excluding carboxylic acids is 2. The Hall–Kier alpha value is -4.38. The number of hydrogen-bond acceptors (Lipinski definition) is 8. The monoisotopic (exact) mass is 479 g/mol. The lowest BCUT2D eigenvalue weighted by Gasteiger charge is -2.11. The van der Waals surface area contributed by atoms with Crippen molar-refractivity contribution >= 4 is 11.8 Å². The zero-order chi connectivity index (χ0) is 24.8. The smallest absolute Gasteiger partial charge is 0.297 e. The van der Waals surface area contributed by atoms with Gasteiger partial charge in [-0.05, 0) is 5.56 Å². The van der Waals surface area contributed by atoms with Crippen LogP contribution in [0.1, 0.15) is 23.7 Å². The molecule has 0 aliphatic carbocycles. The molecular weight excluding hydrogens is 457 g/mol. The summed E-state index contributed by atoms with van der Waals surface area (Å²) in [5.41, 5.74) is 2.14. The van der Waals surface area contributed by atoms with Crippen LogP contribution in [0.4, 0.5) is 4.39 Å². The minimum Gasteiger partial charge on any atom is -0.378 e. The van der Waals surface area contributed by atoms with Crippen molar-refractivity contribution in [2.24, 2.45) is 0 Å². The van der Waals surface area contributed by atoms with E-state index in [0.717, 1.165) is 0 Å². The Morgan fingerprint density at radius 3 is 2.46 bits per heavy atom. The summed E-state index contributed by atoms with van der Waals surface area (Å²) >= 11 is 0. The maximum atomic E-state index is 13.8. The van der Waals surface area contributed by atoms with Crippen molar-refractivity contribution in [3.8, 4) is 34.3 Å². The van der Waals surface area contributed by atoms with Crippen molar-refractivity contribution in [3.63, 3.8) is 0 Å². The number of aliphatic hydroxyl groups is 1. The van der Waals surface area contributed by atoms with Gasteiger partial charge in [0.25, 0.3) is 11.8 Å². The topological polar surface area (TPSA) is 143 Å². The van der Waals surface area contributed by atoms with Crippen molar-refractivity contribution in [2.45, 2.75) is 19.2 Å². The predicted molar refractivity (Wildman–Crippen MR) is 122 cm³/mol. The van der Waals surface area contributed by atoms with E-state index < -0.39 is 18.7 Å². The lowest BCUT2D eigenvalue weighted by molar-refractivity contribution is -0.129. The van der Waals surface area contributed by atoms with Crippen molar-refractivity contribution in [1.82, 2.24) is 25.9 Å². The van der Waals surface area contributed by atoms with Crippen LogP contribution >= 0.6 is 0 Å². The standard InChI is InChI=1S/C24H22FN5O5/c1-26-18(31)11-12-27-23(33)20(32)15-7-9-16(10-8-15)22-28-24(35-30-22)21-17(13-25)19(29-34-21)14-5-3-2-4-6-14/h2-10,20,32H,11-13H2,1H3,(H,26,31)(H,27,33). The van der Waals surface area contributed by atoms with Gasteiger partial charge in [-0.25, -0.2) is 4.39 Å².